The van der Waals surface area contributed by atoms with E-state index in [1.807, 2.05) is 4.98 Å². The van der Waals surface area contributed by atoms with E-state index >= 15 is 0 Å². The zero-order valence-corrected chi connectivity index (χ0v) is 46.3. The minimum absolute atomic E-state index is 0.0370. The number of nitrogens with one attached hydrogen (secondary N) is 2. The lowest BCUT2D eigenvalue weighted by Gasteiger charge is -2.28. The molecular weight excluding hydrogens is 1220 g/mol. The first-order valence-corrected chi connectivity index (χ1v) is 31.5. The maximum Gasteiger partial charge on any atom is 0.386 e. The summed E-state index contributed by atoms with van der Waals surface area (Å²) in [5.41, 5.74) is 13.5. The first-order chi connectivity index (χ1) is 38.7. The number of hydrogen-bond acceptors (Lipinski definition) is 32. The predicted molar refractivity (Wildman–Crippen MR) is 281 cm³/mol. The second kappa shape index (κ2) is 23.5. The van der Waals surface area contributed by atoms with Crippen LogP contribution in [0.25, 0.3) is 22.3 Å². The van der Waals surface area contributed by atoms with Crippen LogP contribution in [0.1, 0.15) is 24.9 Å². The Morgan fingerprint density at radius 2 is 1.15 bits per heavy atom. The van der Waals surface area contributed by atoms with Crippen molar-refractivity contribution < 1.29 is 91.1 Å². The molecular formula is C38H48N15O23P3S3. The summed E-state index contributed by atoms with van der Waals surface area (Å²) in [6.45, 7) is -17.6. The average Bonchev–Trinajstić information content (AvgIpc) is 4.47. The third kappa shape index (κ3) is 12.1. The minimum atomic E-state index is -4.80. The van der Waals surface area contributed by atoms with Gasteiger partial charge < -0.3 is 85.6 Å². The summed E-state index contributed by atoms with van der Waals surface area (Å²) in [5, 5.41) is 66.6. The third-order valence-corrected chi connectivity index (χ3v) is 17.8. The number of aliphatic hydroxyl groups is 6. The molecule has 0 spiro atoms. The lowest BCUT2D eigenvalue weighted by atomic mass is 10.1. The van der Waals surface area contributed by atoms with Crippen molar-refractivity contribution in [2.45, 2.75) is 98.2 Å². The summed E-state index contributed by atoms with van der Waals surface area (Å²) >= 11 is 14.7. The maximum atomic E-state index is 14.0. The maximum absolute atomic E-state index is 14.0. The van der Waals surface area contributed by atoms with Crippen molar-refractivity contribution in [3.63, 3.8) is 0 Å². The number of rotatable bonds is 20. The highest BCUT2D eigenvalue weighted by molar-refractivity contribution is 8.44. The van der Waals surface area contributed by atoms with Crippen LogP contribution in [0.5, 0.6) is 0 Å². The van der Waals surface area contributed by atoms with Crippen LogP contribution in [0.2, 0.25) is 0 Å². The summed E-state index contributed by atoms with van der Waals surface area (Å²) in [7, 11) is 0. The number of anilines is 3. The molecule has 6 aromatic rings. The Hall–Kier alpha value is -4.98. The number of aliphatic hydroxyl groups excluding tert-OH is 6. The predicted octanol–water partition coefficient (Wildman–Crippen LogP) is -5.42. The fraction of sp³-hybridized carbons (Fsp3) is 0.526. The van der Waals surface area contributed by atoms with Gasteiger partial charge in [0.25, 0.3) is 11.1 Å². The molecule has 3 unspecified atom stereocenters. The number of thiol groups is 1. The number of fused-ring (bicyclic) bond motifs is 2. The number of nitrogen functional groups attached to an aromatic ring is 3. The van der Waals surface area contributed by atoms with Crippen molar-refractivity contribution in [2.24, 2.45) is 0 Å². The van der Waals surface area contributed by atoms with Gasteiger partial charge in [0.15, 0.2) is 47.5 Å². The first-order valence-electron chi connectivity index (χ1n) is 23.7. The number of nitrogens with zero attached hydrogens (tertiary/aromatic N) is 10. The fourth-order valence-corrected chi connectivity index (χ4v) is 13.6. The molecule has 0 aliphatic carbocycles. The van der Waals surface area contributed by atoms with E-state index in [0.717, 1.165) is 38.6 Å². The van der Waals surface area contributed by atoms with Crippen molar-refractivity contribution >= 4 is 96.0 Å². The second-order valence-electron chi connectivity index (χ2n) is 18.3. The van der Waals surface area contributed by atoms with Gasteiger partial charge in [-0.1, -0.05) is 12.2 Å². The van der Waals surface area contributed by atoms with Crippen LogP contribution >= 0.6 is 32.5 Å². The van der Waals surface area contributed by atoms with Crippen LogP contribution in [0.3, 0.4) is 0 Å². The van der Waals surface area contributed by atoms with Crippen molar-refractivity contribution in [2.75, 3.05) is 43.6 Å². The lowest BCUT2D eigenvalue weighted by molar-refractivity contribution is -0.0580. The molecule has 0 aromatic carbocycles. The Labute approximate surface area is 470 Å². The highest BCUT2D eigenvalue weighted by Crippen LogP contribution is 2.58. The summed E-state index contributed by atoms with van der Waals surface area (Å²) in [6, 6.07) is 2.19. The Morgan fingerprint density at radius 1 is 0.622 bits per heavy atom. The van der Waals surface area contributed by atoms with Gasteiger partial charge in [0.1, 0.15) is 90.9 Å². The van der Waals surface area contributed by atoms with E-state index in [9.17, 15) is 64.2 Å². The molecule has 82 heavy (non-hydrogen) atoms. The number of nitrogens with two attached hydrogens (primary N) is 3. The van der Waals surface area contributed by atoms with Gasteiger partial charge in [-0.05, 0) is 29.7 Å². The molecule has 446 valence electrons. The van der Waals surface area contributed by atoms with Crippen LogP contribution in [-0.2, 0) is 74.3 Å². The summed E-state index contributed by atoms with van der Waals surface area (Å²) in [6.07, 6.45) is -21.5. The van der Waals surface area contributed by atoms with E-state index in [0.29, 0.717) is 0 Å². The Bertz CT molecular complexity index is 3770. The fourth-order valence-electron chi connectivity index (χ4n) is 9.24. The average molecular weight is 1270 g/mol. The molecule has 4 aliphatic heterocycles. The van der Waals surface area contributed by atoms with Crippen LogP contribution in [-0.4, -0.2) is 198 Å². The highest BCUT2D eigenvalue weighted by Gasteiger charge is 2.54. The zero-order valence-electron chi connectivity index (χ0n) is 41.1. The van der Waals surface area contributed by atoms with E-state index < -0.39 is 167 Å². The van der Waals surface area contributed by atoms with Crippen molar-refractivity contribution in [1.82, 2.24) is 58.1 Å². The Kier molecular flexibility index (Phi) is 17.2. The minimum Gasteiger partial charge on any atom is -0.394 e. The lowest BCUT2D eigenvalue weighted by Crippen LogP contribution is -2.38. The Balaban J connectivity index is 0.875. The van der Waals surface area contributed by atoms with Gasteiger partial charge in [-0.3, -0.25) is 55.9 Å². The van der Waals surface area contributed by atoms with Gasteiger partial charge in [0.05, 0.1) is 39.1 Å². The van der Waals surface area contributed by atoms with E-state index in [-0.39, 0.29) is 39.9 Å². The van der Waals surface area contributed by atoms with Crippen molar-refractivity contribution in [3.05, 3.63) is 85.2 Å². The molecule has 0 radical (unpaired) electrons. The largest absolute Gasteiger partial charge is 0.394 e. The van der Waals surface area contributed by atoms with Crippen LogP contribution in [0.15, 0.2) is 62.7 Å². The smallest absolute Gasteiger partial charge is 0.386 e. The SMILES string of the molecule is Nc1ccn([C@@H]2O[C@H](CO)[C@@H](OP(O)(=S)OC[C@H]3O[C@@H](n4cnc5c(N)ncnc54)[C@H](O)[C@@H]3OP(O)(=S)OC[C@H]3O[C@@H](n4cnc5c(=O)[nH]c(N)nc54)[C@H](O)[C@@H]3OP(=O)(S)OC[C@H]3O[C@@H](n4ccc(=O)[nH]c4=O)[C@H](O)[C@@H]3O)[C@H]2O)c(=O)n1. The van der Waals surface area contributed by atoms with Gasteiger partial charge in [0, 0.05) is 18.5 Å². The van der Waals surface area contributed by atoms with Gasteiger partial charge in [0.2, 0.25) is 5.95 Å². The molecule has 10 heterocycles. The van der Waals surface area contributed by atoms with Gasteiger partial charge in [-0.15, -0.1) is 0 Å². The number of aromatic amines is 2. The highest BCUT2D eigenvalue weighted by atomic mass is 32.7. The number of imidazole rings is 2. The normalized spacial score (nSPS) is 32.5. The molecule has 10 rings (SSSR count). The van der Waals surface area contributed by atoms with Crippen molar-refractivity contribution in [3.8, 4) is 0 Å². The van der Waals surface area contributed by atoms with Gasteiger partial charge >= 0.3 is 31.6 Å². The number of hydrogen-bond donors (Lipinski definition) is 14. The molecule has 0 saturated carbocycles. The number of aromatic nitrogens is 12. The standard InChI is InChI=1S/C38H48N15O23P3S3/c39-16-1-3-50(37(62)46-16)33-22(58)25(12(5-54)70-33)74-78(65,81)68-7-14-26(23(59)34(72-14)52-10-44-18-28(40)42-9-43-29(18)52)76-79(66,82)69-8-15-27(24(60)35(73-15)53-11-45-19-30(53)48-36(41)49-31(19)61)75-77(64,80)67-6-13-20(56)21(57)32(71-13)51-4-2-17(55)47-38(51)63/h1-4,9-15,20-27,32-35,54,56-60H,5-8H2,(H,64,80)(H,65,81)(H,66,82)(H2,39,46,62)(H2,40,42,43)(H,47,55,63)(H3,41,48,49,61)/t12-,13-,14-,15-,20-,21-,22-,23-,24-,25-,26-,27-,32-,33-,34-,35-,77?,78?,79?/m1/s1. The molecule has 4 saturated heterocycles. The van der Waals surface area contributed by atoms with Gasteiger partial charge in [-0.2, -0.15) is 9.97 Å². The Morgan fingerprint density at radius 3 is 1.76 bits per heavy atom. The summed E-state index contributed by atoms with van der Waals surface area (Å²) in [4.78, 5) is 101. The quantitative estimate of drug-likeness (QED) is 0.0251. The topological polar surface area (TPSA) is 546 Å². The van der Waals surface area contributed by atoms with Crippen LogP contribution < -0.4 is 39.7 Å². The molecule has 44 heteroatoms. The van der Waals surface area contributed by atoms with Crippen molar-refractivity contribution in [1.29, 1.82) is 0 Å². The first kappa shape index (κ1) is 60.2. The molecule has 6 aromatic heterocycles. The van der Waals surface area contributed by atoms with E-state index in [4.69, 9.17) is 86.9 Å². The molecule has 0 amide bonds. The molecule has 4 aliphatic rings. The van der Waals surface area contributed by atoms with E-state index in [1.165, 1.54) is 23.2 Å². The van der Waals surface area contributed by atoms with E-state index in [2.05, 4.69) is 47.1 Å². The van der Waals surface area contributed by atoms with Gasteiger partial charge in [-0.25, -0.2) is 34.1 Å². The summed E-state index contributed by atoms with van der Waals surface area (Å²) < 4.78 is 75.5. The third-order valence-electron chi connectivity index (χ3n) is 13.1. The molecule has 16 N–H and O–H groups in total. The molecule has 4 fully saturated rings. The van der Waals surface area contributed by atoms with Crippen LogP contribution in [0.4, 0.5) is 17.6 Å². The molecule has 38 nitrogen and oxygen atoms in total. The molecule has 19 atom stereocenters. The molecule has 0 bridgehead atoms. The number of ether oxygens (including phenoxy) is 4. The summed E-state index contributed by atoms with van der Waals surface area (Å²) in [5.74, 6) is -0.564. The van der Waals surface area contributed by atoms with Crippen LogP contribution in [0, 0.1) is 0 Å². The van der Waals surface area contributed by atoms with E-state index in [1.54, 1.807) is 0 Å². The monoisotopic (exact) mass is 1270 g/mol. The second-order valence-corrected chi connectivity index (χ2v) is 26.8. The number of H-pyrrole nitrogens is 2. The zero-order chi connectivity index (χ0) is 58.9.